The van der Waals surface area contributed by atoms with E-state index in [1.54, 1.807) is 31.0 Å². The van der Waals surface area contributed by atoms with E-state index in [1.807, 2.05) is 0 Å². The smallest absolute Gasteiger partial charge is 0.306 e. The molecule has 148 valence electrons. The first-order valence-corrected chi connectivity index (χ1v) is 9.09. The summed E-state index contributed by atoms with van der Waals surface area (Å²) in [6.07, 6.45) is 0.839. The molecule has 3 rings (SSSR count). The van der Waals surface area contributed by atoms with Crippen LogP contribution < -0.4 is 0 Å². The topological polar surface area (TPSA) is 90.8 Å². The van der Waals surface area contributed by atoms with Gasteiger partial charge in [0.05, 0.1) is 29.2 Å². The van der Waals surface area contributed by atoms with Crippen molar-refractivity contribution in [3.63, 3.8) is 0 Å². The molecule has 1 saturated heterocycles. The lowest BCUT2D eigenvalue weighted by molar-refractivity contribution is -0.145. The summed E-state index contributed by atoms with van der Waals surface area (Å²) in [4.78, 5) is 43.5. The zero-order valence-electron chi connectivity index (χ0n) is 15.8. The Morgan fingerprint density at radius 3 is 2.57 bits per heavy atom. The number of likely N-dealkylation sites (N-methyl/N-ethyl adjacent to an activating group) is 1. The zero-order valence-corrected chi connectivity index (χ0v) is 15.8. The van der Waals surface area contributed by atoms with Crippen LogP contribution in [0.2, 0.25) is 0 Å². The molecular formula is C20H22FN3O4. The number of benzene rings is 1. The molecule has 1 aromatic heterocycles. The molecule has 1 aliphatic rings. The van der Waals surface area contributed by atoms with Crippen molar-refractivity contribution in [2.45, 2.75) is 19.8 Å². The molecule has 8 heteroatoms. The number of likely N-dealkylation sites (tertiary alicyclic amines) is 1. The van der Waals surface area contributed by atoms with Gasteiger partial charge in [-0.1, -0.05) is 0 Å². The number of carboxylic acids is 1. The van der Waals surface area contributed by atoms with Gasteiger partial charge in [-0.2, -0.15) is 0 Å². The quantitative estimate of drug-likeness (QED) is 0.867. The summed E-state index contributed by atoms with van der Waals surface area (Å²) in [7, 11) is 1.54. The molecule has 0 bridgehead atoms. The third-order valence-corrected chi connectivity index (χ3v) is 5.12. The zero-order chi connectivity index (χ0) is 20.4. The van der Waals surface area contributed by atoms with Gasteiger partial charge >= 0.3 is 5.97 Å². The Morgan fingerprint density at radius 1 is 1.25 bits per heavy atom. The molecule has 1 N–H and O–H groups in total. The highest BCUT2D eigenvalue weighted by Crippen LogP contribution is 2.20. The molecule has 28 heavy (non-hydrogen) atoms. The van der Waals surface area contributed by atoms with Gasteiger partial charge in [-0.25, -0.2) is 4.39 Å². The monoisotopic (exact) mass is 387 g/mol. The number of aliphatic carboxylic acids is 1. The maximum atomic E-state index is 13.4. The van der Waals surface area contributed by atoms with Crippen LogP contribution in [-0.4, -0.2) is 64.4 Å². The Balaban J connectivity index is 1.68. The fraction of sp³-hybridized carbons (Fsp3) is 0.400. The van der Waals surface area contributed by atoms with Gasteiger partial charge in [-0.3, -0.25) is 19.4 Å². The number of pyridine rings is 1. The number of hydrogen-bond acceptors (Lipinski definition) is 4. The van der Waals surface area contributed by atoms with Crippen LogP contribution in [0.25, 0.3) is 10.9 Å². The van der Waals surface area contributed by atoms with Crippen LogP contribution >= 0.6 is 0 Å². The molecule has 0 saturated carbocycles. The molecule has 2 heterocycles. The number of halogens is 1. The summed E-state index contributed by atoms with van der Waals surface area (Å²) >= 11 is 0. The van der Waals surface area contributed by atoms with E-state index in [-0.39, 0.29) is 18.4 Å². The Morgan fingerprint density at radius 2 is 1.93 bits per heavy atom. The van der Waals surface area contributed by atoms with Crippen LogP contribution in [0.1, 0.15) is 28.9 Å². The SMILES string of the molecule is Cc1nc2cc(F)ccc2cc1C(=O)N(C)CC(=O)N1CCC(C(=O)O)CC1. The van der Waals surface area contributed by atoms with Gasteiger partial charge in [0.1, 0.15) is 5.82 Å². The fourth-order valence-electron chi connectivity index (χ4n) is 3.41. The molecule has 2 amide bonds. The number of carboxylic acid groups (broad SMARTS) is 1. The lowest BCUT2D eigenvalue weighted by Crippen LogP contribution is -2.45. The number of carbonyl (C=O) groups is 3. The van der Waals surface area contributed by atoms with E-state index in [4.69, 9.17) is 5.11 Å². The third-order valence-electron chi connectivity index (χ3n) is 5.12. The van der Waals surface area contributed by atoms with Crippen LogP contribution in [0.15, 0.2) is 24.3 Å². The van der Waals surface area contributed by atoms with E-state index in [2.05, 4.69) is 4.98 Å². The van der Waals surface area contributed by atoms with E-state index in [0.717, 1.165) is 0 Å². The molecule has 0 spiro atoms. The average molecular weight is 387 g/mol. The first-order chi connectivity index (χ1) is 13.3. The van der Waals surface area contributed by atoms with Crippen molar-refractivity contribution in [3.8, 4) is 0 Å². The van der Waals surface area contributed by atoms with Gasteiger partial charge in [0.2, 0.25) is 5.91 Å². The third kappa shape index (κ3) is 4.11. The molecule has 7 nitrogen and oxygen atoms in total. The second kappa shape index (κ2) is 7.92. The highest BCUT2D eigenvalue weighted by atomic mass is 19.1. The first kappa shape index (κ1) is 19.7. The second-order valence-electron chi connectivity index (χ2n) is 7.11. The lowest BCUT2D eigenvalue weighted by atomic mass is 9.97. The second-order valence-corrected chi connectivity index (χ2v) is 7.11. The molecule has 1 aliphatic heterocycles. The van der Waals surface area contributed by atoms with Gasteiger partial charge < -0.3 is 14.9 Å². The minimum atomic E-state index is -0.835. The van der Waals surface area contributed by atoms with E-state index < -0.39 is 17.7 Å². The van der Waals surface area contributed by atoms with Crippen LogP contribution in [0.4, 0.5) is 4.39 Å². The van der Waals surface area contributed by atoms with E-state index >= 15 is 0 Å². The van der Waals surface area contributed by atoms with Gasteiger partial charge in [0.25, 0.3) is 5.91 Å². The van der Waals surface area contributed by atoms with Crippen molar-refractivity contribution in [2.75, 3.05) is 26.7 Å². The van der Waals surface area contributed by atoms with Crippen molar-refractivity contribution in [1.29, 1.82) is 0 Å². The van der Waals surface area contributed by atoms with E-state index in [1.165, 1.54) is 17.0 Å². The highest BCUT2D eigenvalue weighted by molar-refractivity contribution is 6.00. The van der Waals surface area contributed by atoms with Crippen molar-refractivity contribution in [3.05, 3.63) is 41.3 Å². The lowest BCUT2D eigenvalue weighted by Gasteiger charge is -2.31. The number of aryl methyl sites for hydroxylation is 1. The summed E-state index contributed by atoms with van der Waals surface area (Å²) in [6.45, 7) is 2.32. The summed E-state index contributed by atoms with van der Waals surface area (Å²) < 4.78 is 13.4. The first-order valence-electron chi connectivity index (χ1n) is 9.09. The van der Waals surface area contributed by atoms with Crippen molar-refractivity contribution < 1.29 is 23.9 Å². The van der Waals surface area contributed by atoms with Crippen LogP contribution in [-0.2, 0) is 9.59 Å². The largest absolute Gasteiger partial charge is 0.481 e. The summed E-state index contributed by atoms with van der Waals surface area (Å²) in [6, 6.07) is 5.83. The van der Waals surface area contributed by atoms with Crippen molar-refractivity contribution in [2.24, 2.45) is 5.92 Å². The highest BCUT2D eigenvalue weighted by Gasteiger charge is 2.28. The molecule has 0 radical (unpaired) electrons. The number of piperidine rings is 1. The van der Waals surface area contributed by atoms with Gasteiger partial charge in [-0.15, -0.1) is 0 Å². The molecule has 0 atom stereocenters. The average Bonchev–Trinajstić information content (AvgIpc) is 2.66. The summed E-state index contributed by atoms with van der Waals surface area (Å²) in [5, 5.41) is 9.69. The predicted molar refractivity (Wildman–Crippen MR) is 100 cm³/mol. The standard InChI is InChI=1S/C20H22FN3O4/c1-12-16(9-14-3-4-15(21)10-17(14)22-12)19(26)23(2)11-18(25)24-7-5-13(6-8-24)20(27)28/h3-4,9-10,13H,5-8,11H2,1-2H3,(H,27,28). The number of rotatable bonds is 4. The van der Waals surface area contributed by atoms with Crippen LogP contribution in [0.3, 0.4) is 0 Å². The number of fused-ring (bicyclic) bond motifs is 1. The number of hydrogen-bond donors (Lipinski definition) is 1. The molecule has 2 aromatic rings. The van der Waals surface area contributed by atoms with Crippen molar-refractivity contribution in [1.82, 2.24) is 14.8 Å². The molecule has 0 unspecified atom stereocenters. The molecular weight excluding hydrogens is 365 g/mol. The number of aromatic nitrogens is 1. The summed E-state index contributed by atoms with van der Waals surface area (Å²) in [5.41, 5.74) is 1.29. The molecule has 0 aliphatic carbocycles. The molecule has 1 fully saturated rings. The maximum absolute atomic E-state index is 13.4. The number of carbonyl (C=O) groups excluding carboxylic acids is 2. The molecule has 1 aromatic carbocycles. The minimum absolute atomic E-state index is 0.0997. The van der Waals surface area contributed by atoms with E-state index in [0.29, 0.717) is 48.1 Å². The van der Waals surface area contributed by atoms with Gasteiger partial charge in [0, 0.05) is 31.6 Å². The Bertz CT molecular complexity index is 938. The Hall–Kier alpha value is -3.03. The Kier molecular flexibility index (Phi) is 5.58. The number of amides is 2. The van der Waals surface area contributed by atoms with Crippen molar-refractivity contribution >= 4 is 28.7 Å². The van der Waals surface area contributed by atoms with Crippen LogP contribution in [0, 0.1) is 18.7 Å². The fourth-order valence-corrected chi connectivity index (χ4v) is 3.41. The Labute approximate surface area is 161 Å². The summed E-state index contributed by atoms with van der Waals surface area (Å²) in [5.74, 6) is -2.20. The van der Waals surface area contributed by atoms with E-state index in [9.17, 15) is 18.8 Å². The van der Waals surface area contributed by atoms with Crippen LogP contribution in [0.5, 0.6) is 0 Å². The minimum Gasteiger partial charge on any atom is -0.481 e. The van der Waals surface area contributed by atoms with Gasteiger partial charge in [0.15, 0.2) is 0 Å². The normalized spacial score (nSPS) is 14.9. The van der Waals surface area contributed by atoms with Gasteiger partial charge in [-0.05, 0) is 38.0 Å². The number of nitrogens with zero attached hydrogens (tertiary/aromatic N) is 3. The predicted octanol–water partition coefficient (Wildman–Crippen LogP) is 2.08. The maximum Gasteiger partial charge on any atom is 0.306 e.